The van der Waals surface area contributed by atoms with Gasteiger partial charge in [-0.2, -0.15) is 8.78 Å². The fourth-order valence-electron chi connectivity index (χ4n) is 0. The van der Waals surface area contributed by atoms with Crippen LogP contribution in [0.2, 0.25) is 0 Å². The molecule has 0 aromatic heterocycles. The van der Waals surface area contributed by atoms with Gasteiger partial charge in [0.2, 0.25) is 5.68 Å². The monoisotopic (exact) mass is 80.0 g/mol. The Bertz CT molecular complexity index is 29.0. The highest BCUT2D eigenvalue weighted by Crippen LogP contribution is 1.63. The summed E-state index contributed by atoms with van der Waals surface area (Å²) in [6.07, 6.45) is 0. The van der Waals surface area contributed by atoms with E-state index in [1.54, 1.807) is 0 Å². The van der Waals surface area contributed by atoms with Crippen LogP contribution < -0.4 is 0 Å². The Hall–Kier alpha value is -0.0531. The van der Waals surface area contributed by atoms with Gasteiger partial charge in [-0.15, -0.1) is 0 Å². The van der Waals surface area contributed by atoms with E-state index in [4.69, 9.17) is 0 Å². The van der Waals surface area contributed by atoms with E-state index in [1.807, 2.05) is 0 Å². The predicted molar refractivity (Wildman–Crippen MR) is 15.8 cm³/mol. The number of hydrogen-bond acceptors (Lipinski definition) is 0. The van der Waals surface area contributed by atoms with Crippen molar-refractivity contribution in [2.45, 2.75) is 0 Å². The predicted octanol–water partition coefficient (Wildman–Crippen LogP) is -0.354. The molecule has 0 spiro atoms. The summed E-state index contributed by atoms with van der Waals surface area (Å²) in [6, 6.07) is 0. The second-order valence-corrected chi connectivity index (χ2v) is 0.873. The molecule has 0 nitrogen and oxygen atoms in total. The minimum absolute atomic E-state index is 0.586. The molecule has 0 fully saturated rings. The standard InChI is InChI=1S/CH2F2Si/c2-1(3)4/h4H2. The minimum Gasteiger partial charge on any atom is -0.181 e. The Morgan fingerprint density at radius 2 is 1.50 bits per heavy atom. The van der Waals surface area contributed by atoms with Gasteiger partial charge in [0, 0.05) is 0 Å². The van der Waals surface area contributed by atoms with Crippen molar-refractivity contribution >= 4 is 15.5 Å². The smallest absolute Gasteiger partial charge is 0.181 e. The second-order valence-electron chi connectivity index (χ2n) is 0.339. The van der Waals surface area contributed by atoms with Crippen molar-refractivity contribution in [3.63, 3.8) is 0 Å². The van der Waals surface area contributed by atoms with Crippen LogP contribution in [0.3, 0.4) is 0 Å². The van der Waals surface area contributed by atoms with Crippen molar-refractivity contribution in [2.24, 2.45) is 0 Å². The van der Waals surface area contributed by atoms with Crippen LogP contribution in [0.5, 0.6) is 0 Å². The molecule has 0 amide bonds. The van der Waals surface area contributed by atoms with E-state index in [-0.39, 0.29) is 0 Å². The third-order valence-corrected chi connectivity index (χ3v) is 0. The Kier molecular flexibility index (Phi) is 1.27. The van der Waals surface area contributed by atoms with Gasteiger partial charge >= 0.3 is 0 Å². The molecule has 4 heavy (non-hydrogen) atoms. The molecule has 0 unspecified atom stereocenters. The molecule has 0 bridgehead atoms. The first-order chi connectivity index (χ1) is 1.73. The van der Waals surface area contributed by atoms with Gasteiger partial charge < -0.3 is 0 Å². The van der Waals surface area contributed by atoms with Crippen molar-refractivity contribution < 1.29 is 8.78 Å². The summed E-state index contributed by atoms with van der Waals surface area (Å²) in [6.45, 7) is 0. The van der Waals surface area contributed by atoms with Crippen molar-refractivity contribution in [3.8, 4) is 0 Å². The summed E-state index contributed by atoms with van der Waals surface area (Å²) in [5, 5.41) is 0. The molecule has 0 aliphatic heterocycles. The lowest BCUT2D eigenvalue weighted by molar-refractivity contribution is 0.641. The van der Waals surface area contributed by atoms with Crippen LogP contribution in [0.4, 0.5) is 8.78 Å². The van der Waals surface area contributed by atoms with E-state index in [0.29, 0.717) is 9.85 Å². The normalized spacial score (nSPS) is 6.50. The van der Waals surface area contributed by atoms with E-state index in [0.717, 1.165) is 0 Å². The van der Waals surface area contributed by atoms with Crippen LogP contribution in [0.15, 0.2) is 0 Å². The average molecular weight is 80.1 g/mol. The van der Waals surface area contributed by atoms with Crippen LogP contribution >= 0.6 is 0 Å². The molecule has 0 atom stereocenters. The Morgan fingerprint density at radius 3 is 1.50 bits per heavy atom. The summed E-state index contributed by atoms with van der Waals surface area (Å²) in [5.74, 6) is 0. The maximum atomic E-state index is 10.3. The Morgan fingerprint density at radius 1 is 1.50 bits per heavy atom. The minimum atomic E-state index is -1.56. The molecule has 0 rings (SSSR count). The first-order valence-electron chi connectivity index (χ1n) is 0.732. The quantitative estimate of drug-likeness (QED) is 0.349. The van der Waals surface area contributed by atoms with Crippen molar-refractivity contribution in [3.05, 3.63) is 0 Å². The van der Waals surface area contributed by atoms with Gasteiger partial charge in [-0.1, -0.05) is 0 Å². The maximum Gasteiger partial charge on any atom is 0.227 e. The summed E-state index contributed by atoms with van der Waals surface area (Å²) in [7, 11) is 0.586. The Labute approximate surface area is 25.5 Å². The summed E-state index contributed by atoms with van der Waals surface area (Å²) < 4.78 is 20.5. The van der Waals surface area contributed by atoms with Crippen molar-refractivity contribution in [1.29, 1.82) is 0 Å². The lowest BCUT2D eigenvalue weighted by Gasteiger charge is -1.55. The molecule has 0 aromatic carbocycles. The summed E-state index contributed by atoms with van der Waals surface area (Å²) in [4.78, 5) is 0. The zero-order valence-corrected chi connectivity index (χ0v) is 3.38. The van der Waals surface area contributed by atoms with Gasteiger partial charge in [-0.05, 0) is 0 Å². The lowest BCUT2D eigenvalue weighted by Crippen LogP contribution is -1.64. The van der Waals surface area contributed by atoms with Gasteiger partial charge in [0.25, 0.3) is 0 Å². The average Bonchev–Trinajstić information content (AvgIpc) is 0.811. The zero-order chi connectivity index (χ0) is 3.58. The third-order valence-electron chi connectivity index (χ3n) is 0. The van der Waals surface area contributed by atoms with Crippen LogP contribution in [0.1, 0.15) is 0 Å². The number of hydrogen-bond donors (Lipinski definition) is 0. The molecular formula is CH2F2Si. The van der Waals surface area contributed by atoms with Gasteiger partial charge in [-0.3, -0.25) is 0 Å². The molecule has 0 aromatic rings. The first-order valence-corrected chi connectivity index (χ1v) is 1.44. The molecule has 0 radical (unpaired) electrons. The fourth-order valence-corrected chi connectivity index (χ4v) is 0. The second kappa shape index (κ2) is 1.29. The zero-order valence-electron chi connectivity index (χ0n) is 1.96. The topological polar surface area (TPSA) is 0 Å². The van der Waals surface area contributed by atoms with E-state index in [9.17, 15) is 8.78 Å². The largest absolute Gasteiger partial charge is 0.227 e. The van der Waals surface area contributed by atoms with Gasteiger partial charge in [-0.25, -0.2) is 0 Å². The highest BCUT2D eigenvalue weighted by molar-refractivity contribution is 6.30. The number of halogens is 2. The van der Waals surface area contributed by atoms with Crippen LogP contribution in [0.25, 0.3) is 0 Å². The van der Waals surface area contributed by atoms with Crippen LogP contribution in [-0.2, 0) is 0 Å². The highest BCUT2D eigenvalue weighted by atomic mass is 28.1. The molecule has 3 heteroatoms. The van der Waals surface area contributed by atoms with Gasteiger partial charge in [0.1, 0.15) is 0 Å². The fraction of sp³-hybridized carbons (Fsp3) is 0. The molecule has 0 saturated heterocycles. The van der Waals surface area contributed by atoms with Crippen LogP contribution in [-0.4, -0.2) is 15.5 Å². The SMILES string of the molecule is FC(F)=[SiH2]. The maximum absolute atomic E-state index is 10.3. The summed E-state index contributed by atoms with van der Waals surface area (Å²) in [5.41, 5.74) is -1.56. The summed E-state index contributed by atoms with van der Waals surface area (Å²) >= 11 is 0. The van der Waals surface area contributed by atoms with E-state index >= 15 is 0 Å². The lowest BCUT2D eigenvalue weighted by atomic mass is 11.7. The van der Waals surface area contributed by atoms with E-state index in [1.165, 1.54) is 0 Å². The molecule has 0 heterocycles. The molecule has 0 N–H and O–H groups in total. The highest BCUT2D eigenvalue weighted by Gasteiger charge is 1.64. The van der Waals surface area contributed by atoms with E-state index in [2.05, 4.69) is 0 Å². The van der Waals surface area contributed by atoms with Gasteiger partial charge in [0.05, 0.1) is 9.85 Å². The van der Waals surface area contributed by atoms with Crippen molar-refractivity contribution in [1.82, 2.24) is 0 Å². The molecule has 0 saturated carbocycles. The van der Waals surface area contributed by atoms with Gasteiger partial charge in [0.15, 0.2) is 0 Å². The number of rotatable bonds is 0. The van der Waals surface area contributed by atoms with Crippen molar-refractivity contribution in [2.75, 3.05) is 0 Å². The first kappa shape index (κ1) is 3.95. The molecule has 0 aliphatic rings. The molecule has 0 aliphatic carbocycles. The van der Waals surface area contributed by atoms with E-state index < -0.39 is 5.68 Å². The third kappa shape index (κ3) is 619. The molecule has 24 valence electrons. The molecular weight excluding hydrogens is 78.1 g/mol. The Balaban J connectivity index is 2.80. The van der Waals surface area contributed by atoms with Crippen LogP contribution in [0, 0.1) is 0 Å².